The molecule has 0 bridgehead atoms. The van der Waals surface area contributed by atoms with Crippen molar-refractivity contribution in [2.45, 2.75) is 58.8 Å². The van der Waals surface area contributed by atoms with Gasteiger partial charge in [-0.25, -0.2) is 0 Å². The Bertz CT molecular complexity index is 365. The van der Waals surface area contributed by atoms with E-state index < -0.39 is 5.41 Å². The molecule has 0 aromatic heterocycles. The number of nitrogens with zero attached hydrogens (tertiary/aromatic N) is 1. The van der Waals surface area contributed by atoms with Gasteiger partial charge in [-0.15, -0.1) is 0 Å². The van der Waals surface area contributed by atoms with E-state index in [4.69, 9.17) is 18.0 Å². The summed E-state index contributed by atoms with van der Waals surface area (Å²) in [5.74, 6) is 1.37. The number of nitrogens with two attached hydrogens (primary N) is 1. The van der Waals surface area contributed by atoms with Crippen LogP contribution in [0.25, 0.3) is 0 Å². The summed E-state index contributed by atoms with van der Waals surface area (Å²) in [6.45, 7) is 6.20. The number of thiocarbonyl (C=S) groups is 1. The molecule has 1 aliphatic heterocycles. The van der Waals surface area contributed by atoms with Crippen molar-refractivity contribution in [2.24, 2.45) is 23.0 Å². The van der Waals surface area contributed by atoms with E-state index in [1.54, 1.807) is 0 Å². The molecular formula is C16H28N2OS. The van der Waals surface area contributed by atoms with Gasteiger partial charge in [-0.1, -0.05) is 51.7 Å². The maximum absolute atomic E-state index is 13.1. The van der Waals surface area contributed by atoms with Crippen molar-refractivity contribution in [2.75, 3.05) is 13.1 Å². The maximum Gasteiger partial charge on any atom is 0.235 e. The number of amides is 1. The number of hydrogen-bond donors (Lipinski definition) is 1. The lowest BCUT2D eigenvalue weighted by Crippen LogP contribution is -2.54. The van der Waals surface area contributed by atoms with Crippen LogP contribution in [0.5, 0.6) is 0 Å². The number of hydrogen-bond acceptors (Lipinski definition) is 2. The second-order valence-corrected chi connectivity index (χ2v) is 7.46. The molecule has 3 nitrogen and oxygen atoms in total. The Morgan fingerprint density at radius 2 is 1.60 bits per heavy atom. The third-order valence-electron chi connectivity index (χ3n) is 4.99. The Kier molecular flexibility index (Phi) is 5.05. The Hall–Kier alpha value is -0.640. The third kappa shape index (κ3) is 3.16. The topological polar surface area (TPSA) is 46.3 Å². The molecule has 0 aromatic rings. The van der Waals surface area contributed by atoms with Crippen LogP contribution in [0.15, 0.2) is 0 Å². The van der Waals surface area contributed by atoms with Crippen molar-refractivity contribution >= 4 is 23.1 Å². The fourth-order valence-electron chi connectivity index (χ4n) is 4.03. The molecule has 0 aromatic carbocycles. The number of carbonyl (C=O) groups excluding carboxylic acids is 1. The van der Waals surface area contributed by atoms with Crippen molar-refractivity contribution in [1.29, 1.82) is 0 Å². The molecule has 1 heterocycles. The van der Waals surface area contributed by atoms with Crippen LogP contribution >= 0.6 is 12.2 Å². The standard InChI is InChI=1S/C16H28N2OS/c1-12-9-13(2)11-18(10-12)15(19)16(14(17)20)7-5-3-4-6-8-16/h12-13H,3-11H2,1-2H3,(H2,17,20). The second-order valence-electron chi connectivity index (χ2n) is 7.02. The summed E-state index contributed by atoms with van der Waals surface area (Å²) in [7, 11) is 0. The van der Waals surface area contributed by atoms with E-state index in [-0.39, 0.29) is 5.91 Å². The van der Waals surface area contributed by atoms with Gasteiger partial charge in [-0.2, -0.15) is 0 Å². The third-order valence-corrected chi connectivity index (χ3v) is 5.38. The van der Waals surface area contributed by atoms with E-state index in [2.05, 4.69) is 13.8 Å². The Balaban J connectivity index is 2.20. The van der Waals surface area contributed by atoms with E-state index in [0.717, 1.165) is 38.8 Å². The van der Waals surface area contributed by atoms with Gasteiger partial charge in [0.25, 0.3) is 0 Å². The molecule has 20 heavy (non-hydrogen) atoms. The molecule has 1 saturated carbocycles. The fraction of sp³-hybridized carbons (Fsp3) is 0.875. The van der Waals surface area contributed by atoms with Gasteiger partial charge in [-0.05, 0) is 31.1 Å². The lowest BCUT2D eigenvalue weighted by molar-refractivity contribution is -0.141. The van der Waals surface area contributed by atoms with Crippen molar-refractivity contribution in [3.05, 3.63) is 0 Å². The van der Waals surface area contributed by atoms with Gasteiger partial charge in [-0.3, -0.25) is 4.79 Å². The van der Waals surface area contributed by atoms with Crippen LogP contribution in [-0.4, -0.2) is 28.9 Å². The fourth-order valence-corrected chi connectivity index (χ4v) is 4.32. The molecule has 2 aliphatic rings. The first-order valence-corrected chi connectivity index (χ1v) is 8.46. The van der Waals surface area contributed by atoms with E-state index in [1.165, 1.54) is 19.3 Å². The highest BCUT2D eigenvalue weighted by Gasteiger charge is 2.44. The molecule has 2 unspecified atom stereocenters. The maximum atomic E-state index is 13.1. The summed E-state index contributed by atoms with van der Waals surface area (Å²) in [4.78, 5) is 15.6. The highest BCUT2D eigenvalue weighted by Crippen LogP contribution is 2.38. The zero-order valence-corrected chi connectivity index (χ0v) is 13.7. The SMILES string of the molecule is CC1CC(C)CN(C(=O)C2(C(N)=S)CCCCCC2)C1. The summed E-state index contributed by atoms with van der Waals surface area (Å²) in [6, 6.07) is 0. The molecule has 1 saturated heterocycles. The molecule has 2 rings (SSSR count). The van der Waals surface area contributed by atoms with Gasteiger partial charge >= 0.3 is 0 Å². The monoisotopic (exact) mass is 296 g/mol. The van der Waals surface area contributed by atoms with E-state index in [0.29, 0.717) is 16.8 Å². The van der Waals surface area contributed by atoms with Crippen LogP contribution in [0.1, 0.15) is 58.8 Å². The minimum absolute atomic E-state index is 0.213. The molecule has 2 N–H and O–H groups in total. The van der Waals surface area contributed by atoms with Gasteiger partial charge in [0.05, 0.1) is 10.4 Å². The van der Waals surface area contributed by atoms with E-state index >= 15 is 0 Å². The van der Waals surface area contributed by atoms with Crippen molar-refractivity contribution in [1.82, 2.24) is 4.90 Å². The molecule has 0 radical (unpaired) electrons. The number of carbonyl (C=O) groups is 1. The molecule has 1 aliphatic carbocycles. The molecule has 0 spiro atoms. The first kappa shape index (κ1) is 15.7. The molecule has 1 amide bonds. The van der Waals surface area contributed by atoms with Gasteiger partial charge in [0.15, 0.2) is 0 Å². The van der Waals surface area contributed by atoms with Crippen LogP contribution in [0.4, 0.5) is 0 Å². The molecule has 2 fully saturated rings. The summed E-state index contributed by atoms with van der Waals surface area (Å²) >= 11 is 5.32. The zero-order chi connectivity index (χ0) is 14.8. The minimum Gasteiger partial charge on any atom is -0.392 e. The minimum atomic E-state index is -0.553. The summed E-state index contributed by atoms with van der Waals surface area (Å²) < 4.78 is 0. The average Bonchev–Trinajstić information content (AvgIpc) is 2.63. The van der Waals surface area contributed by atoms with Crippen LogP contribution in [0.2, 0.25) is 0 Å². The second kappa shape index (κ2) is 6.42. The number of piperidine rings is 1. The predicted molar refractivity (Wildman–Crippen MR) is 86.4 cm³/mol. The van der Waals surface area contributed by atoms with Crippen LogP contribution in [-0.2, 0) is 4.79 Å². The smallest absolute Gasteiger partial charge is 0.235 e. The van der Waals surface area contributed by atoms with Gasteiger partial charge in [0.1, 0.15) is 0 Å². The van der Waals surface area contributed by atoms with Crippen molar-refractivity contribution < 1.29 is 4.79 Å². The number of rotatable bonds is 2. The van der Waals surface area contributed by atoms with Gasteiger partial charge < -0.3 is 10.6 Å². The quantitative estimate of drug-likeness (QED) is 0.629. The van der Waals surface area contributed by atoms with Crippen molar-refractivity contribution in [3.8, 4) is 0 Å². The summed E-state index contributed by atoms with van der Waals surface area (Å²) in [5.41, 5.74) is 5.48. The Morgan fingerprint density at radius 3 is 2.05 bits per heavy atom. The highest BCUT2D eigenvalue weighted by atomic mass is 32.1. The average molecular weight is 296 g/mol. The van der Waals surface area contributed by atoms with E-state index in [9.17, 15) is 4.79 Å². The molecule has 114 valence electrons. The Morgan fingerprint density at radius 1 is 1.10 bits per heavy atom. The van der Waals surface area contributed by atoms with Gasteiger partial charge in [0.2, 0.25) is 5.91 Å². The Labute approximate surface area is 128 Å². The molecular weight excluding hydrogens is 268 g/mol. The summed E-state index contributed by atoms with van der Waals surface area (Å²) in [6.07, 6.45) is 7.45. The van der Waals surface area contributed by atoms with Gasteiger partial charge in [0, 0.05) is 13.1 Å². The molecule has 2 atom stereocenters. The highest BCUT2D eigenvalue weighted by molar-refractivity contribution is 7.80. The zero-order valence-electron chi connectivity index (χ0n) is 12.9. The normalized spacial score (nSPS) is 30.6. The first-order chi connectivity index (χ1) is 9.45. The lowest BCUT2D eigenvalue weighted by atomic mass is 9.77. The van der Waals surface area contributed by atoms with E-state index in [1.807, 2.05) is 4.90 Å². The lowest BCUT2D eigenvalue weighted by Gasteiger charge is -2.41. The van der Waals surface area contributed by atoms with Crippen LogP contribution in [0, 0.1) is 17.3 Å². The van der Waals surface area contributed by atoms with Crippen LogP contribution in [0.3, 0.4) is 0 Å². The van der Waals surface area contributed by atoms with Crippen LogP contribution < -0.4 is 5.73 Å². The molecule has 4 heteroatoms. The first-order valence-electron chi connectivity index (χ1n) is 8.05. The van der Waals surface area contributed by atoms with Crippen molar-refractivity contribution in [3.63, 3.8) is 0 Å². The summed E-state index contributed by atoms with van der Waals surface area (Å²) in [5, 5.41) is 0. The number of likely N-dealkylation sites (tertiary alicyclic amines) is 1. The predicted octanol–water partition coefficient (Wildman–Crippen LogP) is 3.12. The largest absolute Gasteiger partial charge is 0.392 e.